The first kappa shape index (κ1) is 22.7. The van der Waals surface area contributed by atoms with E-state index in [2.05, 4.69) is 58.5 Å². The number of nitrogens with zero attached hydrogens (tertiary/aromatic N) is 2. The molecular weight excluding hydrogens is 435 g/mol. The summed E-state index contributed by atoms with van der Waals surface area (Å²) >= 11 is 0. The van der Waals surface area contributed by atoms with Gasteiger partial charge in [-0.15, -0.1) is 0 Å². The molecule has 3 N–H and O–H groups in total. The summed E-state index contributed by atoms with van der Waals surface area (Å²) in [7, 11) is 0. The average Bonchev–Trinajstić information content (AvgIpc) is 3.37. The van der Waals surface area contributed by atoms with Gasteiger partial charge in [0, 0.05) is 11.9 Å². The van der Waals surface area contributed by atoms with Crippen LogP contribution in [0.2, 0.25) is 0 Å². The fourth-order valence-corrected chi connectivity index (χ4v) is 4.62. The third kappa shape index (κ3) is 4.90. The summed E-state index contributed by atoms with van der Waals surface area (Å²) in [5.41, 5.74) is 12.8. The summed E-state index contributed by atoms with van der Waals surface area (Å²) in [5.74, 6) is 0.136. The van der Waals surface area contributed by atoms with E-state index >= 15 is 0 Å². The zero-order valence-corrected chi connectivity index (χ0v) is 19.4. The molecular formula is C30H27FN4. The van der Waals surface area contributed by atoms with Crippen molar-refractivity contribution >= 4 is 40.9 Å². The molecule has 35 heavy (non-hydrogen) atoms. The number of aliphatic imine (C=N–C) groups is 2. The van der Waals surface area contributed by atoms with Crippen LogP contribution in [0.1, 0.15) is 47.1 Å². The molecule has 1 aliphatic heterocycles. The number of benzene rings is 3. The number of nitrogens with one attached hydrogen (secondary N) is 1. The highest BCUT2D eigenvalue weighted by Crippen LogP contribution is 2.45. The molecule has 5 rings (SSSR count). The van der Waals surface area contributed by atoms with Crippen molar-refractivity contribution in [3.8, 4) is 0 Å². The highest BCUT2D eigenvalue weighted by Gasteiger charge is 2.27. The third-order valence-corrected chi connectivity index (χ3v) is 6.63. The largest absolute Gasteiger partial charge is 0.398 e. The summed E-state index contributed by atoms with van der Waals surface area (Å²) in [4.78, 5) is 8.53. The number of rotatable bonds is 7. The zero-order valence-electron chi connectivity index (χ0n) is 19.4. The second-order valence-corrected chi connectivity index (χ2v) is 8.86. The van der Waals surface area contributed by atoms with Crippen molar-refractivity contribution < 1.29 is 4.39 Å². The lowest BCUT2D eigenvalue weighted by atomic mass is 9.73. The minimum atomic E-state index is -1.02. The third-order valence-electron chi connectivity index (χ3n) is 6.63. The van der Waals surface area contributed by atoms with Crippen molar-refractivity contribution in [2.45, 2.75) is 19.3 Å². The van der Waals surface area contributed by atoms with Crippen LogP contribution in [0.5, 0.6) is 0 Å². The number of halogens is 1. The van der Waals surface area contributed by atoms with Crippen molar-refractivity contribution in [1.29, 1.82) is 5.41 Å². The second-order valence-electron chi connectivity index (χ2n) is 8.86. The molecule has 0 atom stereocenters. The van der Waals surface area contributed by atoms with Crippen LogP contribution in [-0.2, 0) is 0 Å². The van der Waals surface area contributed by atoms with Crippen molar-refractivity contribution in [3.63, 3.8) is 0 Å². The SMILES string of the molecule is N=C(F)c1cc(/C(=C(/c2ccccc2)C2CCC2)c2ccc(/C=C/C3=NCC=N3)cc2)ccc1N. The maximum atomic E-state index is 14.0. The predicted octanol–water partition coefficient (Wildman–Crippen LogP) is 6.82. The molecule has 1 heterocycles. The number of hydrogen-bond acceptors (Lipinski definition) is 4. The molecule has 1 saturated carbocycles. The molecule has 0 saturated heterocycles. The van der Waals surface area contributed by atoms with Crippen LogP contribution in [0, 0.1) is 11.3 Å². The number of anilines is 1. The summed E-state index contributed by atoms with van der Waals surface area (Å²) in [6.45, 7) is 0.635. The van der Waals surface area contributed by atoms with Gasteiger partial charge in [0.05, 0.1) is 12.1 Å². The summed E-state index contributed by atoms with van der Waals surface area (Å²) in [5, 5.41) is 7.58. The first-order valence-corrected chi connectivity index (χ1v) is 11.9. The van der Waals surface area contributed by atoms with Gasteiger partial charge < -0.3 is 5.73 Å². The van der Waals surface area contributed by atoms with Crippen molar-refractivity contribution in [1.82, 2.24) is 0 Å². The number of allylic oxidation sites excluding steroid dienone is 1. The van der Waals surface area contributed by atoms with Crippen LogP contribution >= 0.6 is 0 Å². The standard InChI is InChI=1S/C30H27FN4/c31-30(33)25-19-24(14-15-26(25)32)29(28(22-7-4-8-22)21-5-2-1-3-6-21)23-12-9-20(10-13-23)11-16-27-34-17-18-35-27/h1-3,5-6,9-17,19,22,33H,4,7-8,18,32H2/b16-11+,29-28-,33-30?. The van der Waals surface area contributed by atoms with Crippen LogP contribution in [-0.4, -0.2) is 24.6 Å². The van der Waals surface area contributed by atoms with E-state index < -0.39 is 5.97 Å². The van der Waals surface area contributed by atoms with Crippen LogP contribution in [0.25, 0.3) is 17.2 Å². The van der Waals surface area contributed by atoms with E-state index in [1.807, 2.05) is 24.3 Å². The molecule has 1 fully saturated rings. The molecule has 0 bridgehead atoms. The van der Waals surface area contributed by atoms with Crippen LogP contribution < -0.4 is 5.73 Å². The van der Waals surface area contributed by atoms with Gasteiger partial charge in [0.15, 0.2) is 0 Å². The van der Waals surface area contributed by atoms with Crippen LogP contribution in [0.15, 0.2) is 88.9 Å². The topological polar surface area (TPSA) is 74.6 Å². The molecule has 2 aliphatic rings. The van der Waals surface area contributed by atoms with Gasteiger partial charge in [0.1, 0.15) is 5.84 Å². The van der Waals surface area contributed by atoms with Gasteiger partial charge in [-0.2, -0.15) is 4.39 Å². The Labute approximate surface area is 205 Å². The molecule has 0 aromatic heterocycles. The average molecular weight is 463 g/mol. The molecule has 0 unspecified atom stereocenters. The lowest BCUT2D eigenvalue weighted by Gasteiger charge is -2.31. The first-order chi connectivity index (χ1) is 17.1. The normalized spacial score (nSPS) is 16.2. The molecule has 4 nitrogen and oxygen atoms in total. The van der Waals surface area contributed by atoms with Crippen molar-refractivity contribution in [3.05, 3.63) is 107 Å². The Hall–Kier alpha value is -4.12. The molecule has 1 aliphatic carbocycles. The van der Waals surface area contributed by atoms with Gasteiger partial charge >= 0.3 is 0 Å². The van der Waals surface area contributed by atoms with E-state index in [-0.39, 0.29) is 11.3 Å². The van der Waals surface area contributed by atoms with Gasteiger partial charge in [-0.25, -0.2) is 4.99 Å². The quantitative estimate of drug-likeness (QED) is 0.226. The Bertz CT molecular complexity index is 1360. The van der Waals surface area contributed by atoms with Gasteiger partial charge in [-0.05, 0) is 70.4 Å². The molecule has 174 valence electrons. The number of amidine groups is 1. The second kappa shape index (κ2) is 10.0. The van der Waals surface area contributed by atoms with E-state index in [1.165, 1.54) is 17.6 Å². The van der Waals surface area contributed by atoms with E-state index in [0.29, 0.717) is 12.5 Å². The lowest BCUT2D eigenvalue weighted by molar-refractivity contribution is 0.401. The summed E-state index contributed by atoms with van der Waals surface area (Å²) in [6, 6.07) is 24.1. The maximum Gasteiger partial charge on any atom is 0.214 e. The predicted molar refractivity (Wildman–Crippen MR) is 145 cm³/mol. The van der Waals surface area contributed by atoms with Crippen LogP contribution in [0.3, 0.4) is 0 Å². The van der Waals surface area contributed by atoms with E-state index in [0.717, 1.165) is 40.9 Å². The highest BCUT2D eigenvalue weighted by molar-refractivity contribution is 6.05. The fourth-order valence-electron chi connectivity index (χ4n) is 4.62. The molecule has 3 aromatic carbocycles. The van der Waals surface area contributed by atoms with Gasteiger partial charge in [-0.3, -0.25) is 10.4 Å². The fraction of sp³-hybridized carbons (Fsp3) is 0.167. The molecule has 5 heteroatoms. The number of nitrogen functional groups attached to an aromatic ring is 1. The number of nitrogens with two attached hydrogens (primary N) is 1. The molecule has 0 radical (unpaired) electrons. The Balaban J connectivity index is 1.65. The Morgan fingerprint density at radius 2 is 1.66 bits per heavy atom. The van der Waals surface area contributed by atoms with Crippen LogP contribution in [0.4, 0.5) is 10.1 Å². The molecule has 3 aromatic rings. The number of hydrogen-bond donors (Lipinski definition) is 2. The first-order valence-electron chi connectivity index (χ1n) is 11.9. The smallest absolute Gasteiger partial charge is 0.214 e. The Morgan fingerprint density at radius 1 is 0.914 bits per heavy atom. The minimum Gasteiger partial charge on any atom is -0.398 e. The van der Waals surface area contributed by atoms with Gasteiger partial charge in [0.25, 0.3) is 0 Å². The minimum absolute atomic E-state index is 0.124. The van der Waals surface area contributed by atoms with Crippen molar-refractivity contribution in [2.24, 2.45) is 15.9 Å². The van der Waals surface area contributed by atoms with E-state index in [1.54, 1.807) is 18.3 Å². The zero-order chi connectivity index (χ0) is 24.2. The van der Waals surface area contributed by atoms with Crippen molar-refractivity contribution in [2.75, 3.05) is 12.3 Å². The monoisotopic (exact) mass is 462 g/mol. The Kier molecular flexibility index (Phi) is 6.49. The summed E-state index contributed by atoms with van der Waals surface area (Å²) < 4.78 is 14.0. The summed E-state index contributed by atoms with van der Waals surface area (Å²) in [6.07, 6.45) is 9.16. The van der Waals surface area contributed by atoms with Gasteiger partial charge in [-0.1, -0.05) is 73.2 Å². The van der Waals surface area contributed by atoms with Gasteiger partial charge in [0.2, 0.25) is 5.97 Å². The maximum absolute atomic E-state index is 14.0. The Morgan fingerprint density at radius 3 is 2.29 bits per heavy atom. The van der Waals surface area contributed by atoms with E-state index in [4.69, 9.17) is 11.1 Å². The molecule has 0 amide bonds. The van der Waals surface area contributed by atoms with E-state index in [9.17, 15) is 4.39 Å². The highest BCUT2D eigenvalue weighted by atomic mass is 19.1. The lowest BCUT2D eigenvalue weighted by Crippen LogP contribution is -2.15. The molecule has 0 spiro atoms.